The summed E-state index contributed by atoms with van der Waals surface area (Å²) in [6.45, 7) is 1.87. The van der Waals surface area contributed by atoms with Gasteiger partial charge in [-0.15, -0.1) is 0 Å². The highest BCUT2D eigenvalue weighted by atomic mass is 19.4. The number of hydrogen-bond donors (Lipinski definition) is 0. The average Bonchev–Trinajstić information content (AvgIpc) is 2.84. The zero-order valence-corrected chi connectivity index (χ0v) is 11.4. The van der Waals surface area contributed by atoms with E-state index in [2.05, 4.69) is 5.16 Å². The second-order valence-corrected chi connectivity index (χ2v) is 4.69. The normalized spacial score (nSPS) is 11.5. The van der Waals surface area contributed by atoms with Gasteiger partial charge in [-0.2, -0.15) is 13.2 Å². The Bertz CT molecular complexity index is 632. The number of halogens is 3. The van der Waals surface area contributed by atoms with Crippen LogP contribution in [0, 0.1) is 6.92 Å². The molecule has 0 aliphatic heterocycles. The molecule has 0 unspecified atom stereocenters. The summed E-state index contributed by atoms with van der Waals surface area (Å²) < 4.78 is 42.2. The zero-order chi connectivity index (χ0) is 15.6. The van der Waals surface area contributed by atoms with Gasteiger partial charge in [-0.25, -0.2) is 0 Å². The Morgan fingerprint density at radius 2 is 1.90 bits per heavy atom. The first-order chi connectivity index (χ1) is 9.77. The predicted molar refractivity (Wildman–Crippen MR) is 68.5 cm³/mol. The van der Waals surface area contributed by atoms with Gasteiger partial charge in [-0.1, -0.05) is 17.3 Å². The van der Waals surface area contributed by atoms with Gasteiger partial charge in [-0.3, -0.25) is 4.79 Å². The van der Waals surface area contributed by atoms with Crippen molar-refractivity contribution >= 4 is 5.91 Å². The molecule has 0 N–H and O–H groups in total. The minimum Gasteiger partial charge on any atom is -0.351 e. The van der Waals surface area contributed by atoms with E-state index in [1.165, 1.54) is 30.1 Å². The monoisotopic (exact) mass is 298 g/mol. The number of amides is 1. The summed E-state index contributed by atoms with van der Waals surface area (Å²) in [5, 5.41) is 3.62. The van der Waals surface area contributed by atoms with E-state index in [1.807, 2.05) is 0 Å². The van der Waals surface area contributed by atoms with E-state index < -0.39 is 11.7 Å². The van der Waals surface area contributed by atoms with Crippen LogP contribution in [-0.4, -0.2) is 23.0 Å². The molecule has 1 aromatic heterocycles. The van der Waals surface area contributed by atoms with Crippen LogP contribution in [0.2, 0.25) is 0 Å². The molecular formula is C14H13F3N2O2. The Labute approximate surface area is 119 Å². The second kappa shape index (κ2) is 5.59. The van der Waals surface area contributed by atoms with Crippen LogP contribution in [0.5, 0.6) is 0 Å². The maximum Gasteiger partial charge on any atom is 0.416 e. The van der Waals surface area contributed by atoms with Gasteiger partial charge in [0.1, 0.15) is 0 Å². The van der Waals surface area contributed by atoms with Crippen molar-refractivity contribution in [3.8, 4) is 0 Å². The lowest BCUT2D eigenvalue weighted by atomic mass is 10.1. The Hall–Kier alpha value is -2.31. The van der Waals surface area contributed by atoms with Gasteiger partial charge in [0.2, 0.25) is 5.76 Å². The van der Waals surface area contributed by atoms with Gasteiger partial charge in [-0.05, 0) is 24.6 Å². The Balaban J connectivity index is 2.06. The number of carbonyl (C=O) groups is 1. The first kappa shape index (κ1) is 15.1. The Morgan fingerprint density at radius 3 is 2.38 bits per heavy atom. The van der Waals surface area contributed by atoms with Crippen LogP contribution >= 0.6 is 0 Å². The zero-order valence-electron chi connectivity index (χ0n) is 11.4. The first-order valence-electron chi connectivity index (χ1n) is 6.12. The van der Waals surface area contributed by atoms with Crippen LogP contribution in [0.3, 0.4) is 0 Å². The minimum atomic E-state index is -4.36. The van der Waals surface area contributed by atoms with Crippen molar-refractivity contribution in [3.05, 3.63) is 52.9 Å². The predicted octanol–water partition coefficient (Wildman–Crippen LogP) is 3.27. The van der Waals surface area contributed by atoms with Gasteiger partial charge in [0.25, 0.3) is 5.91 Å². The fourth-order valence-electron chi connectivity index (χ4n) is 1.80. The molecule has 1 heterocycles. The Kier molecular flexibility index (Phi) is 4.02. The van der Waals surface area contributed by atoms with Crippen LogP contribution in [0.15, 0.2) is 34.9 Å². The molecule has 0 aliphatic rings. The van der Waals surface area contributed by atoms with Crippen LogP contribution < -0.4 is 0 Å². The maximum absolute atomic E-state index is 12.5. The molecule has 0 saturated carbocycles. The summed E-state index contributed by atoms with van der Waals surface area (Å²) >= 11 is 0. The van der Waals surface area contributed by atoms with Gasteiger partial charge < -0.3 is 9.42 Å². The second-order valence-electron chi connectivity index (χ2n) is 4.69. The van der Waals surface area contributed by atoms with E-state index in [1.54, 1.807) is 6.92 Å². The number of aromatic nitrogens is 1. The van der Waals surface area contributed by atoms with Crippen molar-refractivity contribution in [3.63, 3.8) is 0 Å². The van der Waals surface area contributed by atoms with Crippen LogP contribution in [0.25, 0.3) is 0 Å². The highest BCUT2D eigenvalue weighted by Crippen LogP contribution is 2.29. The summed E-state index contributed by atoms with van der Waals surface area (Å²) in [6.07, 6.45) is -4.36. The summed E-state index contributed by atoms with van der Waals surface area (Å²) in [5.41, 5.74) is 0.461. The topological polar surface area (TPSA) is 46.3 Å². The maximum atomic E-state index is 12.5. The van der Waals surface area contributed by atoms with Crippen LogP contribution in [-0.2, 0) is 12.7 Å². The fourth-order valence-corrected chi connectivity index (χ4v) is 1.80. The van der Waals surface area contributed by atoms with E-state index in [4.69, 9.17) is 4.52 Å². The third-order valence-electron chi connectivity index (χ3n) is 2.89. The summed E-state index contributed by atoms with van der Waals surface area (Å²) in [6, 6.07) is 6.18. The molecule has 0 radical (unpaired) electrons. The van der Waals surface area contributed by atoms with Crippen molar-refractivity contribution < 1.29 is 22.5 Å². The smallest absolute Gasteiger partial charge is 0.351 e. The molecule has 2 rings (SSSR count). The minimum absolute atomic E-state index is 0.0990. The quantitative estimate of drug-likeness (QED) is 0.873. The van der Waals surface area contributed by atoms with Crippen molar-refractivity contribution in [2.45, 2.75) is 19.6 Å². The fraction of sp³-hybridized carbons (Fsp3) is 0.286. The third kappa shape index (κ3) is 3.62. The van der Waals surface area contributed by atoms with E-state index in [9.17, 15) is 18.0 Å². The van der Waals surface area contributed by atoms with E-state index in [-0.39, 0.29) is 18.2 Å². The molecule has 2 aromatic rings. The molecule has 1 aromatic carbocycles. The SMILES string of the molecule is Cc1cc(C(=O)N(C)Cc2ccc(C(F)(F)F)cc2)on1. The number of nitrogens with zero attached hydrogens (tertiary/aromatic N) is 2. The van der Waals surface area contributed by atoms with E-state index >= 15 is 0 Å². The summed E-state index contributed by atoms with van der Waals surface area (Å²) in [4.78, 5) is 13.4. The number of alkyl halides is 3. The van der Waals surface area contributed by atoms with Crippen molar-refractivity contribution in [1.29, 1.82) is 0 Å². The van der Waals surface area contributed by atoms with Gasteiger partial charge in [0.05, 0.1) is 11.3 Å². The van der Waals surface area contributed by atoms with Gasteiger partial charge in [0, 0.05) is 19.7 Å². The molecule has 21 heavy (non-hydrogen) atoms. The molecule has 1 amide bonds. The van der Waals surface area contributed by atoms with Crippen molar-refractivity contribution in [1.82, 2.24) is 10.1 Å². The van der Waals surface area contributed by atoms with E-state index in [0.29, 0.717) is 11.3 Å². The molecule has 0 spiro atoms. The highest BCUT2D eigenvalue weighted by Gasteiger charge is 2.30. The third-order valence-corrected chi connectivity index (χ3v) is 2.89. The van der Waals surface area contributed by atoms with Crippen molar-refractivity contribution in [2.24, 2.45) is 0 Å². The number of aryl methyl sites for hydroxylation is 1. The lowest BCUT2D eigenvalue weighted by Gasteiger charge is -2.16. The van der Waals surface area contributed by atoms with Gasteiger partial charge in [0.15, 0.2) is 0 Å². The molecule has 4 nitrogen and oxygen atoms in total. The molecule has 0 atom stereocenters. The molecule has 0 aliphatic carbocycles. The molecular weight excluding hydrogens is 285 g/mol. The van der Waals surface area contributed by atoms with Crippen LogP contribution in [0.4, 0.5) is 13.2 Å². The molecule has 112 valence electrons. The number of hydrogen-bond acceptors (Lipinski definition) is 3. The Morgan fingerprint density at radius 1 is 1.29 bits per heavy atom. The number of benzene rings is 1. The molecule has 7 heteroatoms. The lowest BCUT2D eigenvalue weighted by molar-refractivity contribution is -0.137. The molecule has 0 fully saturated rings. The molecule has 0 saturated heterocycles. The standard InChI is InChI=1S/C14H13F3N2O2/c1-9-7-12(21-18-9)13(20)19(2)8-10-3-5-11(6-4-10)14(15,16)17/h3-7H,8H2,1-2H3. The van der Waals surface area contributed by atoms with E-state index in [0.717, 1.165) is 12.1 Å². The largest absolute Gasteiger partial charge is 0.416 e. The highest BCUT2D eigenvalue weighted by molar-refractivity contribution is 5.91. The summed E-state index contributed by atoms with van der Waals surface area (Å²) in [5.74, 6) is -0.280. The van der Waals surface area contributed by atoms with Crippen LogP contribution in [0.1, 0.15) is 27.4 Å². The van der Waals surface area contributed by atoms with Gasteiger partial charge >= 0.3 is 6.18 Å². The first-order valence-corrected chi connectivity index (χ1v) is 6.12. The molecule has 0 bridgehead atoms. The summed E-state index contributed by atoms with van der Waals surface area (Å²) in [7, 11) is 1.54. The lowest BCUT2D eigenvalue weighted by Crippen LogP contribution is -2.25. The number of rotatable bonds is 3. The number of carbonyl (C=O) groups excluding carboxylic acids is 1. The average molecular weight is 298 g/mol. The van der Waals surface area contributed by atoms with Crippen molar-refractivity contribution in [2.75, 3.05) is 7.05 Å².